The van der Waals surface area contributed by atoms with Crippen LogP contribution in [0.5, 0.6) is 11.5 Å². The minimum Gasteiger partial charge on any atom is -0.508 e. The molecule has 0 radical (unpaired) electrons. The van der Waals surface area contributed by atoms with Crippen molar-refractivity contribution in [1.82, 2.24) is 0 Å². The predicted octanol–water partition coefficient (Wildman–Crippen LogP) is 4.06. The van der Waals surface area contributed by atoms with E-state index >= 15 is 0 Å². The van der Waals surface area contributed by atoms with Gasteiger partial charge in [-0.1, -0.05) is 45.0 Å². The molecule has 2 nitrogen and oxygen atoms in total. The van der Waals surface area contributed by atoms with E-state index in [0.717, 1.165) is 11.1 Å². The molecule has 2 heteroatoms. The molecule has 2 aromatic rings. The maximum atomic E-state index is 9.43. The normalized spacial score (nSPS) is 11.8. The van der Waals surface area contributed by atoms with Crippen LogP contribution in [0.1, 0.15) is 31.9 Å². The van der Waals surface area contributed by atoms with Gasteiger partial charge in [-0.15, -0.1) is 0 Å². The second-order valence-electron chi connectivity index (χ2n) is 5.45. The summed E-state index contributed by atoms with van der Waals surface area (Å²) < 4.78 is 0. The van der Waals surface area contributed by atoms with Gasteiger partial charge in [0.25, 0.3) is 0 Å². The second-order valence-corrected chi connectivity index (χ2v) is 5.45. The highest BCUT2D eigenvalue weighted by Crippen LogP contribution is 2.39. The molecule has 0 atom stereocenters. The van der Waals surface area contributed by atoms with Gasteiger partial charge in [0.1, 0.15) is 11.5 Å². The number of rotatable bonds is 3. The van der Waals surface area contributed by atoms with Crippen LogP contribution in [-0.4, -0.2) is 10.2 Å². The Morgan fingerprint density at radius 1 is 0.737 bits per heavy atom. The molecule has 100 valence electrons. The lowest BCUT2D eigenvalue weighted by atomic mass is 9.68. The van der Waals surface area contributed by atoms with Gasteiger partial charge < -0.3 is 10.2 Å². The molecule has 0 aliphatic rings. The molecule has 2 aromatic carbocycles. The van der Waals surface area contributed by atoms with Gasteiger partial charge in [-0.2, -0.15) is 0 Å². The molecule has 2 rings (SSSR count). The summed E-state index contributed by atoms with van der Waals surface area (Å²) in [6.07, 6.45) is 0. The van der Waals surface area contributed by atoms with Crippen molar-refractivity contribution in [2.75, 3.05) is 0 Å². The SMILES string of the molecule is CC(C)C(C)(c1ccc(O)cc1)c1ccc(O)cc1. The summed E-state index contributed by atoms with van der Waals surface area (Å²) in [5.41, 5.74) is 2.17. The summed E-state index contributed by atoms with van der Waals surface area (Å²) in [4.78, 5) is 0. The summed E-state index contributed by atoms with van der Waals surface area (Å²) in [7, 11) is 0. The van der Waals surface area contributed by atoms with Crippen LogP contribution in [0, 0.1) is 5.92 Å². The van der Waals surface area contributed by atoms with Gasteiger partial charge in [0.2, 0.25) is 0 Å². The minimum absolute atomic E-state index is 0.151. The summed E-state index contributed by atoms with van der Waals surface area (Å²) in [5, 5.41) is 18.9. The first kappa shape index (κ1) is 13.5. The molecule has 0 saturated heterocycles. The average molecular weight is 256 g/mol. The van der Waals surface area contributed by atoms with Crippen LogP contribution in [0.4, 0.5) is 0 Å². The van der Waals surface area contributed by atoms with Crippen LogP contribution in [0.25, 0.3) is 0 Å². The number of hydrogen-bond donors (Lipinski definition) is 2. The fourth-order valence-electron chi connectivity index (χ4n) is 2.45. The second kappa shape index (κ2) is 4.96. The van der Waals surface area contributed by atoms with Gasteiger partial charge in [-0.05, 0) is 41.3 Å². The van der Waals surface area contributed by atoms with Crippen molar-refractivity contribution in [2.24, 2.45) is 5.92 Å². The molecule has 0 saturated carbocycles. The molecule has 0 aliphatic heterocycles. The van der Waals surface area contributed by atoms with Crippen molar-refractivity contribution in [3.05, 3.63) is 59.7 Å². The quantitative estimate of drug-likeness (QED) is 0.869. The molecule has 0 bridgehead atoms. The van der Waals surface area contributed by atoms with Crippen molar-refractivity contribution in [2.45, 2.75) is 26.2 Å². The number of phenols is 2. The molecule has 0 unspecified atom stereocenters. The summed E-state index contributed by atoms with van der Waals surface area (Å²) in [5.74, 6) is 0.947. The highest BCUT2D eigenvalue weighted by molar-refractivity contribution is 5.42. The van der Waals surface area contributed by atoms with E-state index in [1.165, 1.54) is 0 Å². The van der Waals surface area contributed by atoms with E-state index in [4.69, 9.17) is 0 Å². The minimum atomic E-state index is -0.151. The van der Waals surface area contributed by atoms with Crippen molar-refractivity contribution in [3.8, 4) is 11.5 Å². The van der Waals surface area contributed by atoms with Crippen LogP contribution in [0.2, 0.25) is 0 Å². The largest absolute Gasteiger partial charge is 0.508 e. The topological polar surface area (TPSA) is 40.5 Å². The van der Waals surface area contributed by atoms with Gasteiger partial charge in [0.05, 0.1) is 0 Å². The third-order valence-electron chi connectivity index (χ3n) is 4.09. The highest BCUT2D eigenvalue weighted by atomic mass is 16.3. The van der Waals surface area contributed by atoms with Crippen LogP contribution in [0.15, 0.2) is 48.5 Å². The van der Waals surface area contributed by atoms with Crippen molar-refractivity contribution >= 4 is 0 Å². The molecular weight excluding hydrogens is 236 g/mol. The molecule has 0 aliphatic carbocycles. The van der Waals surface area contributed by atoms with E-state index in [-0.39, 0.29) is 16.9 Å². The van der Waals surface area contributed by atoms with Gasteiger partial charge in [-0.3, -0.25) is 0 Å². The third kappa shape index (κ3) is 2.43. The number of hydrogen-bond acceptors (Lipinski definition) is 2. The maximum absolute atomic E-state index is 9.43. The van der Waals surface area contributed by atoms with E-state index < -0.39 is 0 Å². The number of benzene rings is 2. The van der Waals surface area contributed by atoms with Gasteiger partial charge in [-0.25, -0.2) is 0 Å². The van der Waals surface area contributed by atoms with Crippen molar-refractivity contribution in [1.29, 1.82) is 0 Å². The number of phenolic OH excluding ortho intramolecular Hbond substituents is 2. The molecule has 2 N–H and O–H groups in total. The van der Waals surface area contributed by atoms with E-state index in [9.17, 15) is 10.2 Å². The summed E-state index contributed by atoms with van der Waals surface area (Å²) in [6.45, 7) is 6.55. The van der Waals surface area contributed by atoms with Gasteiger partial charge in [0.15, 0.2) is 0 Å². The fourth-order valence-corrected chi connectivity index (χ4v) is 2.45. The first-order valence-corrected chi connectivity index (χ1v) is 6.53. The Morgan fingerprint density at radius 2 is 1.05 bits per heavy atom. The van der Waals surface area contributed by atoms with Crippen molar-refractivity contribution in [3.63, 3.8) is 0 Å². The molecule has 0 fully saturated rings. The maximum Gasteiger partial charge on any atom is 0.115 e. The average Bonchev–Trinajstić information content (AvgIpc) is 2.39. The zero-order valence-electron chi connectivity index (χ0n) is 11.6. The lowest BCUT2D eigenvalue weighted by Crippen LogP contribution is -2.29. The Bertz CT molecular complexity index is 493. The van der Waals surface area contributed by atoms with Gasteiger partial charge in [0, 0.05) is 5.41 Å². The van der Waals surface area contributed by atoms with E-state index in [2.05, 4.69) is 20.8 Å². The van der Waals surface area contributed by atoms with Crippen LogP contribution < -0.4 is 0 Å². The predicted molar refractivity (Wildman–Crippen MR) is 77.5 cm³/mol. The summed E-state index contributed by atoms with van der Waals surface area (Å²) in [6, 6.07) is 14.7. The molecule has 0 heterocycles. The van der Waals surface area contributed by atoms with Crippen LogP contribution in [-0.2, 0) is 5.41 Å². The Labute approximate surface area is 114 Å². The zero-order valence-corrected chi connectivity index (χ0v) is 11.6. The van der Waals surface area contributed by atoms with E-state index in [1.807, 2.05) is 24.3 Å². The molecule has 0 spiro atoms. The smallest absolute Gasteiger partial charge is 0.115 e. The monoisotopic (exact) mass is 256 g/mol. The Hall–Kier alpha value is -1.96. The molecule has 19 heavy (non-hydrogen) atoms. The number of aromatic hydroxyl groups is 2. The summed E-state index contributed by atoms with van der Waals surface area (Å²) >= 11 is 0. The fraction of sp³-hybridized carbons (Fsp3) is 0.294. The Kier molecular flexibility index (Phi) is 3.52. The standard InChI is InChI=1S/C17H20O2/c1-12(2)17(3,13-4-8-15(18)9-5-13)14-6-10-16(19)11-7-14/h4-12,18-19H,1-3H3. The van der Waals surface area contributed by atoms with E-state index in [0.29, 0.717) is 5.92 Å². The first-order valence-electron chi connectivity index (χ1n) is 6.53. The molecular formula is C17H20O2. The Balaban J connectivity index is 2.54. The lowest BCUT2D eigenvalue weighted by molar-refractivity contribution is 0.403. The van der Waals surface area contributed by atoms with Crippen LogP contribution >= 0.6 is 0 Å². The van der Waals surface area contributed by atoms with Crippen LogP contribution in [0.3, 0.4) is 0 Å². The Morgan fingerprint density at radius 3 is 1.32 bits per heavy atom. The molecule has 0 amide bonds. The zero-order chi connectivity index (χ0) is 14.0. The van der Waals surface area contributed by atoms with Gasteiger partial charge >= 0.3 is 0 Å². The first-order chi connectivity index (χ1) is 8.94. The molecule has 0 aromatic heterocycles. The highest BCUT2D eigenvalue weighted by Gasteiger charge is 2.32. The van der Waals surface area contributed by atoms with Crippen molar-refractivity contribution < 1.29 is 10.2 Å². The third-order valence-corrected chi connectivity index (χ3v) is 4.09. The lowest BCUT2D eigenvalue weighted by Gasteiger charge is -2.35. The van der Waals surface area contributed by atoms with E-state index in [1.54, 1.807) is 24.3 Å².